The molecule has 2 N–H and O–H groups in total. The fraction of sp³-hybridized carbons (Fsp3) is 0.462. The monoisotopic (exact) mass is 450 g/mol. The van der Waals surface area contributed by atoms with Crippen molar-refractivity contribution >= 4 is 28.9 Å². The number of methoxy groups -OCH3 is 1. The van der Waals surface area contributed by atoms with Crippen LogP contribution in [0.25, 0.3) is 0 Å². The predicted molar refractivity (Wildman–Crippen MR) is 132 cm³/mol. The van der Waals surface area contributed by atoms with Gasteiger partial charge >= 0.3 is 0 Å². The summed E-state index contributed by atoms with van der Waals surface area (Å²) in [4.78, 5) is 29.9. The van der Waals surface area contributed by atoms with Gasteiger partial charge in [0.05, 0.1) is 18.4 Å². The summed E-state index contributed by atoms with van der Waals surface area (Å²) in [5, 5.41) is 6.01. The van der Waals surface area contributed by atoms with Crippen LogP contribution in [0, 0.1) is 11.8 Å². The van der Waals surface area contributed by atoms with Gasteiger partial charge in [-0.25, -0.2) is 0 Å². The average molecular weight is 451 g/mol. The van der Waals surface area contributed by atoms with E-state index in [1.807, 2.05) is 36.4 Å². The van der Waals surface area contributed by atoms with Crippen LogP contribution >= 0.6 is 0 Å². The first-order valence-electron chi connectivity index (χ1n) is 11.8. The third kappa shape index (κ3) is 5.59. The Labute approximate surface area is 196 Å². The van der Waals surface area contributed by atoms with Crippen LogP contribution in [0.3, 0.4) is 0 Å². The van der Waals surface area contributed by atoms with E-state index in [0.717, 1.165) is 56.1 Å². The van der Waals surface area contributed by atoms with Crippen LogP contribution in [-0.2, 0) is 4.79 Å². The van der Waals surface area contributed by atoms with E-state index in [1.54, 1.807) is 7.11 Å². The zero-order valence-corrected chi connectivity index (χ0v) is 19.8. The Kier molecular flexibility index (Phi) is 7.06. The first-order chi connectivity index (χ1) is 16.0. The number of para-hydroxylation sites is 2. The maximum atomic E-state index is 13.1. The Morgan fingerprint density at radius 1 is 1.00 bits per heavy atom. The van der Waals surface area contributed by atoms with E-state index in [2.05, 4.69) is 40.3 Å². The van der Waals surface area contributed by atoms with Crippen molar-refractivity contribution < 1.29 is 14.3 Å². The fourth-order valence-corrected chi connectivity index (χ4v) is 4.13. The maximum absolute atomic E-state index is 13.1. The number of carbonyl (C=O) groups is 2. The Bertz CT molecular complexity index is 995. The molecule has 1 heterocycles. The van der Waals surface area contributed by atoms with Crippen molar-refractivity contribution in [2.75, 3.05) is 55.0 Å². The highest BCUT2D eigenvalue weighted by Crippen LogP contribution is 2.33. The molecule has 176 valence electrons. The fourth-order valence-electron chi connectivity index (χ4n) is 4.13. The number of anilines is 3. The van der Waals surface area contributed by atoms with E-state index in [0.29, 0.717) is 23.7 Å². The number of benzene rings is 2. The maximum Gasteiger partial charge on any atom is 0.253 e. The van der Waals surface area contributed by atoms with Crippen molar-refractivity contribution in [3.8, 4) is 5.75 Å². The molecule has 0 unspecified atom stereocenters. The summed E-state index contributed by atoms with van der Waals surface area (Å²) in [5.41, 5.74) is 3.28. The highest BCUT2D eigenvalue weighted by atomic mass is 16.5. The lowest BCUT2D eigenvalue weighted by Crippen LogP contribution is -2.47. The van der Waals surface area contributed by atoms with Crippen LogP contribution in [0.15, 0.2) is 42.5 Å². The molecule has 0 atom stereocenters. The van der Waals surface area contributed by atoms with Gasteiger partial charge in [-0.05, 0) is 49.1 Å². The summed E-state index contributed by atoms with van der Waals surface area (Å²) in [7, 11) is 1.70. The second-order valence-electron chi connectivity index (χ2n) is 9.25. The van der Waals surface area contributed by atoms with E-state index >= 15 is 0 Å². The molecule has 2 amide bonds. The first-order valence-corrected chi connectivity index (χ1v) is 11.8. The smallest absolute Gasteiger partial charge is 0.253 e. The molecule has 7 nitrogen and oxygen atoms in total. The van der Waals surface area contributed by atoms with E-state index in [1.165, 1.54) is 0 Å². The topological polar surface area (TPSA) is 73.9 Å². The number of piperazine rings is 1. The number of ether oxygens (including phenoxy) is 1. The van der Waals surface area contributed by atoms with E-state index < -0.39 is 0 Å². The van der Waals surface area contributed by atoms with Gasteiger partial charge in [-0.3, -0.25) is 9.59 Å². The molecule has 33 heavy (non-hydrogen) atoms. The quantitative estimate of drug-likeness (QED) is 0.641. The summed E-state index contributed by atoms with van der Waals surface area (Å²) in [6.07, 6.45) is 1.89. The molecule has 0 aromatic heterocycles. The molecule has 2 aliphatic rings. The third-order valence-corrected chi connectivity index (χ3v) is 6.17. The van der Waals surface area contributed by atoms with Crippen LogP contribution in [0.2, 0.25) is 0 Å². The van der Waals surface area contributed by atoms with Gasteiger partial charge in [0.25, 0.3) is 5.91 Å². The molecule has 1 saturated heterocycles. The lowest BCUT2D eigenvalue weighted by atomic mass is 10.1. The van der Waals surface area contributed by atoms with Crippen molar-refractivity contribution in [1.29, 1.82) is 0 Å². The zero-order chi connectivity index (χ0) is 23.4. The molecule has 1 saturated carbocycles. The highest BCUT2D eigenvalue weighted by Gasteiger charge is 2.30. The van der Waals surface area contributed by atoms with Crippen LogP contribution in [0.5, 0.6) is 5.75 Å². The van der Waals surface area contributed by atoms with E-state index in [4.69, 9.17) is 4.74 Å². The molecule has 0 spiro atoms. The van der Waals surface area contributed by atoms with Crippen LogP contribution < -0.4 is 25.2 Å². The first kappa shape index (κ1) is 23.0. The van der Waals surface area contributed by atoms with Crippen molar-refractivity contribution in [2.45, 2.75) is 26.7 Å². The summed E-state index contributed by atoms with van der Waals surface area (Å²) in [5.74, 6) is 1.29. The van der Waals surface area contributed by atoms with Crippen LogP contribution in [0.1, 0.15) is 37.0 Å². The number of hydrogen-bond donors (Lipinski definition) is 2. The second-order valence-corrected chi connectivity index (χ2v) is 9.25. The molecule has 0 radical (unpaired) electrons. The Morgan fingerprint density at radius 2 is 1.67 bits per heavy atom. The summed E-state index contributed by atoms with van der Waals surface area (Å²) < 4.78 is 5.53. The van der Waals surface area contributed by atoms with Gasteiger partial charge in [0.1, 0.15) is 5.75 Å². The molecule has 2 aromatic rings. The number of nitrogens with one attached hydrogen (secondary N) is 2. The minimum absolute atomic E-state index is 0.0433. The van der Waals surface area contributed by atoms with Crippen molar-refractivity contribution in [3.05, 3.63) is 48.0 Å². The lowest BCUT2D eigenvalue weighted by molar-refractivity contribution is -0.117. The number of rotatable bonds is 8. The molecule has 1 aliphatic carbocycles. The van der Waals surface area contributed by atoms with Crippen molar-refractivity contribution in [3.63, 3.8) is 0 Å². The highest BCUT2D eigenvalue weighted by molar-refractivity contribution is 6.02. The number of carbonyl (C=O) groups excluding carboxylic acids is 2. The molecule has 1 aliphatic heterocycles. The van der Waals surface area contributed by atoms with E-state index in [-0.39, 0.29) is 17.7 Å². The van der Waals surface area contributed by atoms with Gasteiger partial charge in [0, 0.05) is 50.0 Å². The van der Waals surface area contributed by atoms with Crippen LogP contribution in [-0.4, -0.2) is 51.6 Å². The summed E-state index contributed by atoms with van der Waals surface area (Å²) >= 11 is 0. The zero-order valence-electron chi connectivity index (χ0n) is 19.8. The van der Waals surface area contributed by atoms with Gasteiger partial charge in [-0.1, -0.05) is 26.0 Å². The molecule has 2 aromatic carbocycles. The van der Waals surface area contributed by atoms with Gasteiger partial charge in [-0.15, -0.1) is 0 Å². The van der Waals surface area contributed by atoms with Crippen molar-refractivity contribution in [2.24, 2.45) is 11.8 Å². The minimum atomic E-state index is -0.103. The van der Waals surface area contributed by atoms with Gasteiger partial charge in [0.15, 0.2) is 0 Å². The van der Waals surface area contributed by atoms with Crippen LogP contribution in [0.4, 0.5) is 17.1 Å². The van der Waals surface area contributed by atoms with Gasteiger partial charge < -0.3 is 25.2 Å². The van der Waals surface area contributed by atoms with E-state index in [9.17, 15) is 9.59 Å². The normalized spacial score (nSPS) is 16.0. The average Bonchev–Trinajstić information content (AvgIpc) is 3.68. The largest absolute Gasteiger partial charge is 0.495 e. The Hall–Kier alpha value is -3.22. The summed E-state index contributed by atoms with van der Waals surface area (Å²) in [6, 6.07) is 13.7. The lowest BCUT2D eigenvalue weighted by Gasteiger charge is -2.38. The molecule has 7 heteroatoms. The third-order valence-electron chi connectivity index (χ3n) is 6.17. The molecular formula is C26H34N4O3. The standard InChI is InChI=1S/C26H34N4O3/c1-18(2)17-27-26(32)21-16-20(28-25(31)19-8-9-19)10-11-22(21)29-12-14-30(15-13-29)23-6-4-5-7-24(23)33-3/h4-7,10-11,16,18-19H,8-9,12-15,17H2,1-3H3,(H,27,32)(H,28,31). The minimum Gasteiger partial charge on any atom is -0.495 e. The van der Waals surface area contributed by atoms with Gasteiger partial charge in [-0.2, -0.15) is 0 Å². The molecular weight excluding hydrogens is 416 g/mol. The number of hydrogen-bond acceptors (Lipinski definition) is 5. The molecule has 0 bridgehead atoms. The summed E-state index contributed by atoms with van der Waals surface area (Å²) in [6.45, 7) is 7.99. The second kappa shape index (κ2) is 10.1. The van der Waals surface area contributed by atoms with Gasteiger partial charge in [0.2, 0.25) is 5.91 Å². The Balaban J connectivity index is 1.51. The number of nitrogens with zero attached hydrogens (tertiary/aromatic N) is 2. The number of amides is 2. The van der Waals surface area contributed by atoms with Crippen molar-refractivity contribution in [1.82, 2.24) is 5.32 Å². The predicted octanol–water partition coefficient (Wildman–Crippen LogP) is 3.76. The molecule has 4 rings (SSSR count). The molecule has 2 fully saturated rings. The SMILES string of the molecule is COc1ccccc1N1CCN(c2ccc(NC(=O)C3CC3)cc2C(=O)NCC(C)C)CC1. The Morgan fingerprint density at radius 3 is 2.30 bits per heavy atom.